The SMILES string of the molecule is CCCN1CCN(c2nc(C)nc(NN)c2C)CC1. The fraction of sp³-hybridized carbons (Fsp3) is 0.692. The minimum absolute atomic E-state index is 0.721. The van der Waals surface area contributed by atoms with Gasteiger partial charge in [0.15, 0.2) is 0 Å². The van der Waals surface area contributed by atoms with Crippen molar-refractivity contribution in [1.82, 2.24) is 14.9 Å². The maximum absolute atomic E-state index is 5.51. The molecule has 106 valence electrons. The van der Waals surface area contributed by atoms with Crippen LogP contribution in [0.5, 0.6) is 0 Å². The van der Waals surface area contributed by atoms with E-state index in [9.17, 15) is 0 Å². The number of nitrogens with one attached hydrogen (secondary N) is 1. The average molecular weight is 264 g/mol. The van der Waals surface area contributed by atoms with Crippen LogP contribution in [-0.4, -0.2) is 47.6 Å². The monoisotopic (exact) mass is 264 g/mol. The Kier molecular flexibility index (Phi) is 4.55. The third kappa shape index (κ3) is 3.13. The van der Waals surface area contributed by atoms with Crippen LogP contribution >= 0.6 is 0 Å². The maximum atomic E-state index is 5.51. The van der Waals surface area contributed by atoms with Crippen LogP contribution in [0, 0.1) is 13.8 Å². The highest BCUT2D eigenvalue weighted by Gasteiger charge is 2.20. The van der Waals surface area contributed by atoms with E-state index in [1.807, 2.05) is 13.8 Å². The molecule has 0 saturated carbocycles. The predicted molar refractivity (Wildman–Crippen MR) is 78.3 cm³/mol. The van der Waals surface area contributed by atoms with Crippen molar-refractivity contribution in [3.05, 3.63) is 11.4 Å². The second-order valence-corrected chi connectivity index (χ2v) is 5.04. The highest BCUT2D eigenvalue weighted by molar-refractivity contribution is 5.58. The van der Waals surface area contributed by atoms with Gasteiger partial charge in [-0.25, -0.2) is 15.8 Å². The van der Waals surface area contributed by atoms with Gasteiger partial charge in [0.1, 0.15) is 17.5 Å². The number of nitrogens with zero attached hydrogens (tertiary/aromatic N) is 4. The van der Waals surface area contributed by atoms with Gasteiger partial charge in [-0.15, -0.1) is 0 Å². The summed E-state index contributed by atoms with van der Waals surface area (Å²) in [6, 6.07) is 0. The van der Waals surface area contributed by atoms with E-state index >= 15 is 0 Å². The van der Waals surface area contributed by atoms with Gasteiger partial charge in [0.25, 0.3) is 0 Å². The van der Waals surface area contributed by atoms with Gasteiger partial charge in [-0.2, -0.15) is 0 Å². The Morgan fingerprint density at radius 3 is 2.42 bits per heavy atom. The van der Waals surface area contributed by atoms with Crippen LogP contribution in [0.15, 0.2) is 0 Å². The van der Waals surface area contributed by atoms with Crippen LogP contribution in [0.4, 0.5) is 11.6 Å². The lowest BCUT2D eigenvalue weighted by molar-refractivity contribution is 0.258. The van der Waals surface area contributed by atoms with Crippen molar-refractivity contribution in [3.63, 3.8) is 0 Å². The van der Waals surface area contributed by atoms with Crippen LogP contribution in [0.2, 0.25) is 0 Å². The Balaban J connectivity index is 2.13. The summed E-state index contributed by atoms with van der Waals surface area (Å²) < 4.78 is 0. The molecule has 1 aromatic heterocycles. The molecule has 6 nitrogen and oxygen atoms in total. The number of hydrogen-bond acceptors (Lipinski definition) is 6. The van der Waals surface area contributed by atoms with Crippen LogP contribution < -0.4 is 16.2 Å². The summed E-state index contributed by atoms with van der Waals surface area (Å²) >= 11 is 0. The van der Waals surface area contributed by atoms with E-state index < -0.39 is 0 Å². The largest absolute Gasteiger partial charge is 0.354 e. The summed E-state index contributed by atoms with van der Waals surface area (Å²) in [6.07, 6.45) is 1.22. The molecule has 0 aliphatic carbocycles. The Morgan fingerprint density at radius 1 is 1.16 bits per heavy atom. The molecule has 0 radical (unpaired) electrons. The molecule has 2 rings (SSSR count). The zero-order valence-electron chi connectivity index (χ0n) is 12.1. The molecule has 1 saturated heterocycles. The van der Waals surface area contributed by atoms with E-state index in [1.54, 1.807) is 0 Å². The van der Waals surface area contributed by atoms with E-state index in [1.165, 1.54) is 13.0 Å². The first-order valence-electron chi connectivity index (χ1n) is 6.94. The number of nitrogen functional groups attached to an aromatic ring is 1. The van der Waals surface area contributed by atoms with E-state index in [-0.39, 0.29) is 0 Å². The molecular weight excluding hydrogens is 240 g/mol. The Hall–Kier alpha value is -1.40. The highest BCUT2D eigenvalue weighted by atomic mass is 15.3. The molecule has 6 heteroatoms. The van der Waals surface area contributed by atoms with Crippen molar-refractivity contribution in [2.45, 2.75) is 27.2 Å². The lowest BCUT2D eigenvalue weighted by atomic mass is 10.2. The average Bonchev–Trinajstić information content (AvgIpc) is 2.42. The Morgan fingerprint density at radius 2 is 1.84 bits per heavy atom. The number of hydrazine groups is 1. The number of aromatic nitrogens is 2. The minimum Gasteiger partial charge on any atom is -0.354 e. The number of anilines is 2. The Labute approximate surface area is 115 Å². The van der Waals surface area contributed by atoms with Crippen molar-refractivity contribution in [3.8, 4) is 0 Å². The normalized spacial score (nSPS) is 16.7. The van der Waals surface area contributed by atoms with E-state index in [2.05, 4.69) is 32.1 Å². The summed E-state index contributed by atoms with van der Waals surface area (Å²) in [5.41, 5.74) is 3.68. The molecule has 0 unspecified atom stereocenters. The molecule has 1 fully saturated rings. The van der Waals surface area contributed by atoms with Crippen LogP contribution in [0.25, 0.3) is 0 Å². The zero-order chi connectivity index (χ0) is 13.8. The molecule has 3 N–H and O–H groups in total. The van der Waals surface area contributed by atoms with Gasteiger partial charge < -0.3 is 10.3 Å². The van der Waals surface area contributed by atoms with Crippen molar-refractivity contribution in [2.75, 3.05) is 43.0 Å². The first kappa shape index (κ1) is 14.0. The lowest BCUT2D eigenvalue weighted by Crippen LogP contribution is -2.47. The molecule has 0 amide bonds. The van der Waals surface area contributed by atoms with Crippen LogP contribution in [0.1, 0.15) is 24.7 Å². The van der Waals surface area contributed by atoms with Crippen molar-refractivity contribution < 1.29 is 0 Å². The molecule has 1 aliphatic rings. The molecule has 2 heterocycles. The summed E-state index contributed by atoms with van der Waals surface area (Å²) in [6.45, 7) is 11.6. The Bertz CT molecular complexity index is 425. The van der Waals surface area contributed by atoms with Gasteiger partial charge in [-0.1, -0.05) is 6.92 Å². The number of rotatable bonds is 4. The van der Waals surface area contributed by atoms with Gasteiger partial charge in [0.2, 0.25) is 0 Å². The van der Waals surface area contributed by atoms with Crippen LogP contribution in [0.3, 0.4) is 0 Å². The molecule has 0 aromatic carbocycles. The second-order valence-electron chi connectivity index (χ2n) is 5.04. The third-order valence-corrected chi connectivity index (χ3v) is 3.58. The smallest absolute Gasteiger partial charge is 0.148 e. The second kappa shape index (κ2) is 6.16. The number of hydrogen-bond donors (Lipinski definition) is 2. The lowest BCUT2D eigenvalue weighted by Gasteiger charge is -2.36. The summed E-state index contributed by atoms with van der Waals surface area (Å²) in [5.74, 6) is 8.00. The van der Waals surface area contributed by atoms with Gasteiger partial charge in [0.05, 0.1) is 0 Å². The number of nitrogens with two attached hydrogens (primary N) is 1. The molecule has 19 heavy (non-hydrogen) atoms. The first-order chi connectivity index (χ1) is 9.15. The molecule has 0 bridgehead atoms. The summed E-state index contributed by atoms with van der Waals surface area (Å²) in [5, 5.41) is 0. The molecule has 1 aliphatic heterocycles. The fourth-order valence-corrected chi connectivity index (χ4v) is 2.56. The van der Waals surface area contributed by atoms with Crippen molar-refractivity contribution >= 4 is 11.6 Å². The number of aryl methyl sites for hydroxylation is 1. The topological polar surface area (TPSA) is 70.3 Å². The first-order valence-corrected chi connectivity index (χ1v) is 6.94. The molecular formula is C13H24N6. The maximum Gasteiger partial charge on any atom is 0.148 e. The van der Waals surface area contributed by atoms with E-state index in [4.69, 9.17) is 5.84 Å². The van der Waals surface area contributed by atoms with Gasteiger partial charge >= 0.3 is 0 Å². The third-order valence-electron chi connectivity index (χ3n) is 3.58. The minimum atomic E-state index is 0.721. The van der Waals surface area contributed by atoms with Gasteiger partial charge in [-0.3, -0.25) is 4.90 Å². The summed E-state index contributed by atoms with van der Waals surface area (Å²) in [4.78, 5) is 13.7. The van der Waals surface area contributed by atoms with Gasteiger partial charge in [0, 0.05) is 31.7 Å². The number of piperazine rings is 1. The highest BCUT2D eigenvalue weighted by Crippen LogP contribution is 2.23. The zero-order valence-corrected chi connectivity index (χ0v) is 12.1. The van der Waals surface area contributed by atoms with E-state index in [0.29, 0.717) is 0 Å². The molecule has 0 atom stereocenters. The van der Waals surface area contributed by atoms with Crippen LogP contribution in [-0.2, 0) is 0 Å². The van der Waals surface area contributed by atoms with E-state index in [0.717, 1.165) is 49.2 Å². The molecule has 0 spiro atoms. The summed E-state index contributed by atoms with van der Waals surface area (Å²) in [7, 11) is 0. The van der Waals surface area contributed by atoms with Crippen molar-refractivity contribution in [1.29, 1.82) is 0 Å². The van der Waals surface area contributed by atoms with Crippen molar-refractivity contribution in [2.24, 2.45) is 5.84 Å². The predicted octanol–water partition coefficient (Wildman–Crippen LogP) is 0.911. The standard InChI is InChI=1S/C13H24N6/c1-4-5-18-6-8-19(9-7-18)13-10(2)12(17-14)15-11(3)16-13/h4-9,14H2,1-3H3,(H,15,16,17). The quantitative estimate of drug-likeness (QED) is 0.622. The molecule has 1 aromatic rings. The fourth-order valence-electron chi connectivity index (χ4n) is 2.56. The van der Waals surface area contributed by atoms with Gasteiger partial charge in [-0.05, 0) is 26.8 Å².